The van der Waals surface area contributed by atoms with Crippen molar-refractivity contribution in [1.29, 1.82) is 0 Å². The maximum atomic E-state index is 5.47. The number of aromatic nitrogens is 4. The molecule has 0 saturated heterocycles. The van der Waals surface area contributed by atoms with Crippen LogP contribution >= 0.6 is 0 Å². The molecule has 0 spiro atoms. The molecule has 2 heterocycles. The summed E-state index contributed by atoms with van der Waals surface area (Å²) in [4.78, 5) is 12.2. The standard InChI is InChI=1S/C14H17N5O/c1-14(2,3)13-16-9-5-4-8(6-10(9)17-13)12-18-11(7-15)20-19-12/h4-6H,7,15H2,1-3H3,(H,16,17). The Bertz CT molecular complexity index is 750. The van der Waals surface area contributed by atoms with Gasteiger partial charge in [0.25, 0.3) is 0 Å². The van der Waals surface area contributed by atoms with Gasteiger partial charge in [0, 0.05) is 11.0 Å². The predicted molar refractivity (Wildman–Crippen MR) is 76.0 cm³/mol. The van der Waals surface area contributed by atoms with E-state index in [1.165, 1.54) is 0 Å². The molecule has 0 bridgehead atoms. The molecule has 0 amide bonds. The molecular weight excluding hydrogens is 254 g/mol. The molecule has 1 aromatic carbocycles. The van der Waals surface area contributed by atoms with E-state index in [9.17, 15) is 0 Å². The summed E-state index contributed by atoms with van der Waals surface area (Å²) < 4.78 is 5.03. The number of nitrogens with one attached hydrogen (secondary N) is 1. The van der Waals surface area contributed by atoms with Gasteiger partial charge in [-0.1, -0.05) is 25.9 Å². The molecule has 3 N–H and O–H groups in total. The molecular formula is C14H17N5O. The Kier molecular flexibility index (Phi) is 2.83. The lowest BCUT2D eigenvalue weighted by Crippen LogP contribution is -2.12. The first-order valence-corrected chi connectivity index (χ1v) is 6.50. The Labute approximate surface area is 116 Å². The second-order valence-electron chi connectivity index (χ2n) is 5.78. The highest BCUT2D eigenvalue weighted by atomic mass is 16.5. The number of fused-ring (bicyclic) bond motifs is 1. The van der Waals surface area contributed by atoms with Crippen molar-refractivity contribution in [3.8, 4) is 11.4 Å². The first-order chi connectivity index (χ1) is 9.47. The number of hydrogen-bond acceptors (Lipinski definition) is 5. The van der Waals surface area contributed by atoms with Crippen LogP contribution in [0.25, 0.3) is 22.4 Å². The van der Waals surface area contributed by atoms with Crippen LogP contribution in [-0.2, 0) is 12.0 Å². The third kappa shape index (κ3) is 2.18. The summed E-state index contributed by atoms with van der Waals surface area (Å²) >= 11 is 0. The number of H-pyrrole nitrogens is 1. The van der Waals surface area contributed by atoms with Crippen LogP contribution in [0.5, 0.6) is 0 Å². The van der Waals surface area contributed by atoms with Gasteiger partial charge in [0.2, 0.25) is 11.7 Å². The van der Waals surface area contributed by atoms with E-state index in [1.807, 2.05) is 18.2 Å². The molecule has 0 saturated carbocycles. The fourth-order valence-electron chi connectivity index (χ4n) is 1.96. The van der Waals surface area contributed by atoms with Gasteiger partial charge in [-0.3, -0.25) is 0 Å². The Hall–Kier alpha value is -2.21. The molecule has 3 aromatic rings. The third-order valence-corrected chi connectivity index (χ3v) is 3.09. The van der Waals surface area contributed by atoms with Crippen LogP contribution in [0.15, 0.2) is 22.7 Å². The van der Waals surface area contributed by atoms with Gasteiger partial charge >= 0.3 is 0 Å². The van der Waals surface area contributed by atoms with Gasteiger partial charge in [-0.15, -0.1) is 0 Å². The Morgan fingerprint density at radius 2 is 2.05 bits per heavy atom. The molecule has 3 rings (SSSR count). The summed E-state index contributed by atoms with van der Waals surface area (Å²) in [5, 5.41) is 3.92. The Morgan fingerprint density at radius 1 is 1.25 bits per heavy atom. The summed E-state index contributed by atoms with van der Waals surface area (Å²) in [6.45, 7) is 6.61. The Balaban J connectivity index is 2.06. The zero-order chi connectivity index (χ0) is 14.3. The van der Waals surface area contributed by atoms with Gasteiger partial charge in [-0.25, -0.2) is 4.98 Å². The van der Waals surface area contributed by atoms with Gasteiger partial charge in [0.1, 0.15) is 5.82 Å². The molecule has 0 aliphatic rings. The highest BCUT2D eigenvalue weighted by molar-refractivity contribution is 5.80. The summed E-state index contributed by atoms with van der Waals surface area (Å²) in [7, 11) is 0. The van der Waals surface area contributed by atoms with Crippen LogP contribution in [0.4, 0.5) is 0 Å². The number of nitrogens with zero attached hydrogens (tertiary/aromatic N) is 3. The normalized spacial score (nSPS) is 12.2. The minimum absolute atomic E-state index is 0.0158. The third-order valence-electron chi connectivity index (χ3n) is 3.09. The topological polar surface area (TPSA) is 93.6 Å². The molecule has 0 unspecified atom stereocenters. The van der Waals surface area contributed by atoms with Crippen LogP contribution < -0.4 is 5.73 Å². The van der Waals surface area contributed by atoms with Crippen LogP contribution in [0.3, 0.4) is 0 Å². The first kappa shape index (κ1) is 12.8. The number of rotatable bonds is 2. The zero-order valence-electron chi connectivity index (χ0n) is 11.8. The molecule has 0 radical (unpaired) electrons. The number of aromatic amines is 1. The van der Waals surface area contributed by atoms with E-state index in [2.05, 4.69) is 40.9 Å². The number of benzene rings is 1. The van der Waals surface area contributed by atoms with Crippen LogP contribution in [0, 0.1) is 0 Å². The minimum atomic E-state index is -0.0158. The lowest BCUT2D eigenvalue weighted by atomic mass is 9.96. The molecule has 0 fully saturated rings. The average molecular weight is 271 g/mol. The van der Waals surface area contributed by atoms with Gasteiger partial charge in [-0.05, 0) is 18.2 Å². The van der Waals surface area contributed by atoms with Crippen molar-refractivity contribution in [3.63, 3.8) is 0 Å². The lowest BCUT2D eigenvalue weighted by molar-refractivity contribution is 0.380. The molecule has 0 atom stereocenters. The van der Waals surface area contributed by atoms with Crippen molar-refractivity contribution < 1.29 is 4.52 Å². The zero-order valence-corrected chi connectivity index (χ0v) is 11.8. The van der Waals surface area contributed by atoms with Crippen molar-refractivity contribution in [1.82, 2.24) is 20.1 Å². The summed E-state index contributed by atoms with van der Waals surface area (Å²) in [5.41, 5.74) is 8.23. The van der Waals surface area contributed by atoms with Crippen molar-refractivity contribution in [2.45, 2.75) is 32.7 Å². The molecule has 0 aliphatic heterocycles. The van der Waals surface area contributed by atoms with Gasteiger partial charge in [0.15, 0.2) is 0 Å². The van der Waals surface area contributed by atoms with Gasteiger partial charge < -0.3 is 15.2 Å². The van der Waals surface area contributed by atoms with Crippen molar-refractivity contribution in [2.75, 3.05) is 0 Å². The number of nitrogens with two attached hydrogens (primary N) is 1. The molecule has 0 aliphatic carbocycles. The van der Waals surface area contributed by atoms with Crippen molar-refractivity contribution in [3.05, 3.63) is 29.9 Å². The number of hydrogen-bond donors (Lipinski definition) is 2. The van der Waals surface area contributed by atoms with Crippen molar-refractivity contribution >= 4 is 11.0 Å². The highest BCUT2D eigenvalue weighted by Crippen LogP contribution is 2.25. The molecule has 6 nitrogen and oxygen atoms in total. The minimum Gasteiger partial charge on any atom is -0.342 e. The summed E-state index contributed by atoms with van der Waals surface area (Å²) in [5.74, 6) is 1.93. The summed E-state index contributed by atoms with van der Waals surface area (Å²) in [6.07, 6.45) is 0. The van der Waals surface area contributed by atoms with Crippen LogP contribution in [0.1, 0.15) is 32.5 Å². The van der Waals surface area contributed by atoms with E-state index in [0.29, 0.717) is 11.7 Å². The monoisotopic (exact) mass is 271 g/mol. The van der Waals surface area contributed by atoms with E-state index < -0.39 is 0 Å². The van der Waals surface area contributed by atoms with E-state index in [1.54, 1.807) is 0 Å². The van der Waals surface area contributed by atoms with Gasteiger partial charge in [-0.2, -0.15) is 4.98 Å². The van der Waals surface area contributed by atoms with E-state index in [0.717, 1.165) is 22.4 Å². The quantitative estimate of drug-likeness (QED) is 0.746. The van der Waals surface area contributed by atoms with Crippen LogP contribution in [-0.4, -0.2) is 20.1 Å². The molecule has 2 aromatic heterocycles. The van der Waals surface area contributed by atoms with Crippen LogP contribution in [0.2, 0.25) is 0 Å². The SMILES string of the molecule is CC(C)(C)c1nc2ccc(-c3noc(CN)n3)cc2[nH]1. The maximum Gasteiger partial charge on any atom is 0.240 e. The highest BCUT2D eigenvalue weighted by Gasteiger charge is 2.18. The molecule has 6 heteroatoms. The largest absolute Gasteiger partial charge is 0.342 e. The van der Waals surface area contributed by atoms with E-state index in [-0.39, 0.29) is 12.0 Å². The van der Waals surface area contributed by atoms with E-state index >= 15 is 0 Å². The maximum absolute atomic E-state index is 5.47. The van der Waals surface area contributed by atoms with E-state index in [4.69, 9.17) is 10.3 Å². The van der Waals surface area contributed by atoms with Gasteiger partial charge in [0.05, 0.1) is 17.6 Å². The Morgan fingerprint density at radius 3 is 2.70 bits per heavy atom. The predicted octanol–water partition coefficient (Wildman–Crippen LogP) is 2.37. The first-order valence-electron chi connectivity index (χ1n) is 6.50. The average Bonchev–Trinajstić information content (AvgIpc) is 3.03. The molecule has 104 valence electrons. The molecule has 20 heavy (non-hydrogen) atoms. The second-order valence-corrected chi connectivity index (χ2v) is 5.78. The fourth-order valence-corrected chi connectivity index (χ4v) is 1.96. The fraction of sp³-hybridized carbons (Fsp3) is 0.357. The second kappa shape index (κ2) is 4.42. The lowest BCUT2D eigenvalue weighted by Gasteiger charge is -2.13. The van der Waals surface area contributed by atoms with Crippen molar-refractivity contribution in [2.24, 2.45) is 5.73 Å². The summed E-state index contributed by atoms with van der Waals surface area (Å²) in [6, 6.07) is 5.86. The number of imidazole rings is 1. The smallest absolute Gasteiger partial charge is 0.240 e.